The first-order chi connectivity index (χ1) is 10.1. The Morgan fingerprint density at radius 2 is 1.62 bits per heavy atom. The van der Waals surface area contributed by atoms with E-state index in [1.54, 1.807) is 18.9 Å². The molecule has 21 heavy (non-hydrogen) atoms. The van der Waals surface area contributed by atoms with Gasteiger partial charge in [-0.2, -0.15) is 0 Å². The molecule has 0 aliphatic carbocycles. The molecule has 0 heterocycles. The van der Waals surface area contributed by atoms with Gasteiger partial charge in [0.2, 0.25) is 11.8 Å². The van der Waals surface area contributed by atoms with Gasteiger partial charge in [-0.1, -0.05) is 25.7 Å². The molecule has 0 fully saturated rings. The maximum absolute atomic E-state index is 11.5. The van der Waals surface area contributed by atoms with E-state index >= 15 is 0 Å². The third-order valence-electron chi connectivity index (χ3n) is 3.53. The second-order valence-electron chi connectivity index (χ2n) is 5.51. The molecule has 0 aromatic rings. The second kappa shape index (κ2) is 13.9. The van der Waals surface area contributed by atoms with Crippen molar-refractivity contribution in [2.75, 3.05) is 33.9 Å². The lowest BCUT2D eigenvalue weighted by Crippen LogP contribution is -2.24. The summed E-state index contributed by atoms with van der Waals surface area (Å²) in [5.41, 5.74) is 0. The van der Waals surface area contributed by atoms with Gasteiger partial charge >= 0.3 is 0 Å². The molecule has 5 heteroatoms. The van der Waals surface area contributed by atoms with E-state index in [1.165, 1.54) is 12.8 Å². The fourth-order valence-electron chi connectivity index (χ4n) is 2.03. The van der Waals surface area contributed by atoms with E-state index in [2.05, 4.69) is 5.32 Å². The summed E-state index contributed by atoms with van der Waals surface area (Å²) in [7, 11) is 3.51. The normalized spacial score (nSPS) is 10.4. The average Bonchev–Trinajstić information content (AvgIpc) is 2.46. The molecule has 0 aliphatic heterocycles. The molecule has 0 saturated carbocycles. The largest absolute Gasteiger partial charge is 0.385 e. The highest BCUT2D eigenvalue weighted by Crippen LogP contribution is 2.07. The zero-order valence-corrected chi connectivity index (χ0v) is 14.0. The van der Waals surface area contributed by atoms with Gasteiger partial charge in [-0.15, -0.1) is 0 Å². The van der Waals surface area contributed by atoms with Crippen LogP contribution in [-0.2, 0) is 14.3 Å². The first kappa shape index (κ1) is 19.9. The standard InChI is InChI=1S/C16H32N2O3/c1-15(19)18(2)13-9-7-5-4-6-8-11-16(20)17-12-10-14-21-3/h4-14H2,1-3H3,(H,17,20). The maximum Gasteiger partial charge on any atom is 0.219 e. The molecule has 0 bridgehead atoms. The Bertz CT molecular complexity index is 283. The van der Waals surface area contributed by atoms with Crippen LogP contribution in [0, 0.1) is 0 Å². The van der Waals surface area contributed by atoms with E-state index in [9.17, 15) is 9.59 Å². The molecular formula is C16H32N2O3. The Morgan fingerprint density at radius 3 is 2.24 bits per heavy atom. The van der Waals surface area contributed by atoms with Gasteiger partial charge in [-0.25, -0.2) is 0 Å². The summed E-state index contributed by atoms with van der Waals surface area (Å²) in [5, 5.41) is 2.90. The van der Waals surface area contributed by atoms with Crippen molar-refractivity contribution in [1.29, 1.82) is 0 Å². The minimum absolute atomic E-state index is 0.131. The highest BCUT2D eigenvalue weighted by Gasteiger charge is 2.02. The molecule has 5 nitrogen and oxygen atoms in total. The SMILES string of the molecule is COCCCNC(=O)CCCCCCCCN(C)C(C)=O. The van der Waals surface area contributed by atoms with Crippen LogP contribution in [-0.4, -0.2) is 50.6 Å². The average molecular weight is 300 g/mol. The summed E-state index contributed by atoms with van der Waals surface area (Å²) < 4.78 is 4.92. The number of carbonyl (C=O) groups is 2. The van der Waals surface area contributed by atoms with E-state index in [0.717, 1.165) is 38.6 Å². The molecule has 0 atom stereocenters. The van der Waals surface area contributed by atoms with E-state index in [1.807, 2.05) is 7.05 Å². The van der Waals surface area contributed by atoms with Crippen molar-refractivity contribution < 1.29 is 14.3 Å². The first-order valence-corrected chi connectivity index (χ1v) is 8.05. The van der Waals surface area contributed by atoms with Crippen LogP contribution < -0.4 is 5.32 Å². The van der Waals surface area contributed by atoms with Crippen LogP contribution in [0.4, 0.5) is 0 Å². The molecule has 0 spiro atoms. The van der Waals surface area contributed by atoms with Gasteiger partial charge in [0, 0.05) is 47.2 Å². The molecular weight excluding hydrogens is 268 g/mol. The fraction of sp³-hybridized carbons (Fsp3) is 0.875. The molecule has 0 aromatic carbocycles. The molecule has 2 amide bonds. The van der Waals surface area contributed by atoms with Crippen LogP contribution in [0.3, 0.4) is 0 Å². The summed E-state index contributed by atoms with van der Waals surface area (Å²) in [5.74, 6) is 0.278. The molecule has 0 saturated heterocycles. The number of unbranched alkanes of at least 4 members (excludes halogenated alkanes) is 5. The van der Waals surface area contributed by atoms with Crippen molar-refractivity contribution >= 4 is 11.8 Å². The van der Waals surface area contributed by atoms with Crippen LogP contribution >= 0.6 is 0 Å². The van der Waals surface area contributed by atoms with E-state index in [-0.39, 0.29) is 11.8 Å². The number of amides is 2. The highest BCUT2D eigenvalue weighted by molar-refractivity contribution is 5.75. The Hall–Kier alpha value is -1.10. The number of hydrogen-bond donors (Lipinski definition) is 1. The topological polar surface area (TPSA) is 58.6 Å². The van der Waals surface area contributed by atoms with Gasteiger partial charge in [0.25, 0.3) is 0 Å². The van der Waals surface area contributed by atoms with Crippen molar-refractivity contribution in [1.82, 2.24) is 10.2 Å². The predicted octanol–water partition coefficient (Wildman–Crippen LogP) is 2.35. The van der Waals surface area contributed by atoms with Gasteiger partial charge in [0.05, 0.1) is 0 Å². The minimum Gasteiger partial charge on any atom is -0.385 e. The number of hydrogen-bond acceptors (Lipinski definition) is 3. The fourth-order valence-corrected chi connectivity index (χ4v) is 2.03. The number of rotatable bonds is 13. The molecule has 0 aliphatic rings. The van der Waals surface area contributed by atoms with Gasteiger partial charge in [0.15, 0.2) is 0 Å². The summed E-state index contributed by atoms with van der Waals surface area (Å²) >= 11 is 0. The number of nitrogens with zero attached hydrogens (tertiary/aromatic N) is 1. The van der Waals surface area contributed by atoms with Crippen molar-refractivity contribution in [3.05, 3.63) is 0 Å². The highest BCUT2D eigenvalue weighted by atomic mass is 16.5. The zero-order valence-electron chi connectivity index (χ0n) is 14.0. The molecule has 0 radical (unpaired) electrons. The summed E-state index contributed by atoms with van der Waals surface area (Å²) in [6.07, 6.45) is 8.13. The zero-order chi connectivity index (χ0) is 15.9. The van der Waals surface area contributed by atoms with Gasteiger partial charge in [-0.3, -0.25) is 9.59 Å². The van der Waals surface area contributed by atoms with Crippen molar-refractivity contribution in [3.8, 4) is 0 Å². The van der Waals surface area contributed by atoms with Crippen LogP contribution in [0.5, 0.6) is 0 Å². The molecule has 1 N–H and O–H groups in total. The van der Waals surface area contributed by atoms with Gasteiger partial charge < -0.3 is 15.0 Å². The summed E-state index contributed by atoms with van der Waals surface area (Å²) in [4.78, 5) is 24.3. The number of ether oxygens (including phenoxy) is 1. The van der Waals surface area contributed by atoms with Crippen molar-refractivity contribution in [2.45, 2.75) is 58.3 Å². The van der Waals surface area contributed by atoms with Crippen LogP contribution in [0.1, 0.15) is 58.3 Å². The quantitative estimate of drug-likeness (QED) is 0.531. The second-order valence-corrected chi connectivity index (χ2v) is 5.51. The van der Waals surface area contributed by atoms with Crippen molar-refractivity contribution in [3.63, 3.8) is 0 Å². The third kappa shape index (κ3) is 13.6. The Balaban J connectivity index is 3.25. The number of carbonyl (C=O) groups excluding carboxylic acids is 2. The minimum atomic E-state index is 0.131. The number of methoxy groups -OCH3 is 1. The molecule has 0 unspecified atom stereocenters. The molecule has 124 valence electrons. The lowest BCUT2D eigenvalue weighted by atomic mass is 10.1. The van der Waals surface area contributed by atoms with Crippen LogP contribution in [0.2, 0.25) is 0 Å². The monoisotopic (exact) mass is 300 g/mol. The number of nitrogens with one attached hydrogen (secondary N) is 1. The predicted molar refractivity (Wildman–Crippen MR) is 85.1 cm³/mol. The molecule has 0 aromatic heterocycles. The van der Waals surface area contributed by atoms with E-state index in [4.69, 9.17) is 4.74 Å². The van der Waals surface area contributed by atoms with E-state index < -0.39 is 0 Å². The Morgan fingerprint density at radius 1 is 1.00 bits per heavy atom. The van der Waals surface area contributed by atoms with Gasteiger partial charge in [-0.05, 0) is 19.3 Å². The van der Waals surface area contributed by atoms with Crippen LogP contribution in [0.25, 0.3) is 0 Å². The van der Waals surface area contributed by atoms with Gasteiger partial charge in [0.1, 0.15) is 0 Å². The summed E-state index contributed by atoms with van der Waals surface area (Å²) in [6.45, 7) is 3.84. The Labute approximate surface area is 129 Å². The molecule has 0 rings (SSSR count). The lowest BCUT2D eigenvalue weighted by Gasteiger charge is -2.13. The Kier molecular flexibility index (Phi) is 13.1. The summed E-state index contributed by atoms with van der Waals surface area (Å²) in [6, 6.07) is 0. The third-order valence-corrected chi connectivity index (χ3v) is 3.53. The van der Waals surface area contributed by atoms with Crippen molar-refractivity contribution in [2.24, 2.45) is 0 Å². The van der Waals surface area contributed by atoms with Crippen LogP contribution in [0.15, 0.2) is 0 Å². The lowest BCUT2D eigenvalue weighted by molar-refractivity contribution is -0.127. The maximum atomic E-state index is 11.5. The smallest absolute Gasteiger partial charge is 0.219 e. The van der Waals surface area contributed by atoms with E-state index in [0.29, 0.717) is 19.6 Å². The first-order valence-electron chi connectivity index (χ1n) is 8.05.